The van der Waals surface area contributed by atoms with Gasteiger partial charge in [-0.1, -0.05) is 25.2 Å². The van der Waals surface area contributed by atoms with Crippen molar-refractivity contribution in [1.29, 1.82) is 0 Å². The highest BCUT2D eigenvalue weighted by Crippen LogP contribution is 2.25. The van der Waals surface area contributed by atoms with E-state index in [1.807, 2.05) is 0 Å². The van der Waals surface area contributed by atoms with Gasteiger partial charge in [0, 0.05) is 13.1 Å². The van der Waals surface area contributed by atoms with E-state index in [2.05, 4.69) is 15.5 Å². The number of nitrogens with one attached hydrogen (secondary N) is 1. The number of aromatic nitrogens is 2. The maximum absolute atomic E-state index is 12.6. The first-order valence-corrected chi connectivity index (χ1v) is 9.51. The number of anilines is 1. The summed E-state index contributed by atoms with van der Waals surface area (Å²) in [7, 11) is -2.26. The first-order chi connectivity index (χ1) is 11.4. The van der Waals surface area contributed by atoms with Gasteiger partial charge in [0.2, 0.25) is 15.2 Å². The van der Waals surface area contributed by atoms with Crippen LogP contribution < -0.4 is 10.1 Å². The summed E-state index contributed by atoms with van der Waals surface area (Å²) in [5, 5.41) is 10.3. The highest BCUT2D eigenvalue weighted by Gasteiger charge is 2.24. The number of hydrogen-bond donors (Lipinski definition) is 1. The molecule has 0 fully saturated rings. The zero-order valence-corrected chi connectivity index (χ0v) is 15.1. The molecule has 0 saturated carbocycles. The Labute approximate surface area is 144 Å². The number of nitrogens with zero attached hydrogens (tertiary/aromatic N) is 3. The van der Waals surface area contributed by atoms with Gasteiger partial charge in [-0.05, 0) is 18.2 Å². The molecule has 0 spiro atoms. The van der Waals surface area contributed by atoms with E-state index in [0.29, 0.717) is 18.2 Å². The van der Waals surface area contributed by atoms with Crippen molar-refractivity contribution in [2.24, 2.45) is 0 Å². The molecule has 2 rings (SSSR count). The van der Waals surface area contributed by atoms with E-state index in [1.165, 1.54) is 35.1 Å². The third-order valence-corrected chi connectivity index (χ3v) is 5.99. The van der Waals surface area contributed by atoms with Crippen molar-refractivity contribution in [3.8, 4) is 5.75 Å². The number of methoxy groups -OCH3 is 1. The Kier molecular flexibility index (Phi) is 5.86. The zero-order chi connectivity index (χ0) is 17.7. The fraction of sp³-hybridized carbons (Fsp3) is 0.357. The van der Waals surface area contributed by atoms with Gasteiger partial charge < -0.3 is 4.74 Å². The molecule has 0 bridgehead atoms. The largest absolute Gasteiger partial charge is 0.496 e. The van der Waals surface area contributed by atoms with E-state index < -0.39 is 15.9 Å². The second-order valence-corrected chi connectivity index (χ2v) is 7.42. The first kappa shape index (κ1) is 18.3. The van der Waals surface area contributed by atoms with Crippen LogP contribution >= 0.6 is 11.3 Å². The average Bonchev–Trinajstić information content (AvgIpc) is 3.08. The van der Waals surface area contributed by atoms with Crippen LogP contribution in [0, 0.1) is 0 Å². The molecule has 10 heteroatoms. The minimum absolute atomic E-state index is 0.0365. The van der Waals surface area contributed by atoms with Crippen LogP contribution in [0.2, 0.25) is 0 Å². The number of ether oxygens (including phenoxy) is 1. The summed E-state index contributed by atoms with van der Waals surface area (Å²) in [5.74, 6) is -0.240. The second-order valence-electron chi connectivity index (χ2n) is 4.65. The highest BCUT2D eigenvalue weighted by atomic mass is 32.2. The summed E-state index contributed by atoms with van der Waals surface area (Å²) in [6.07, 6.45) is 0. The van der Waals surface area contributed by atoms with Crippen LogP contribution in [-0.2, 0) is 10.0 Å². The van der Waals surface area contributed by atoms with Crippen molar-refractivity contribution in [1.82, 2.24) is 14.5 Å². The van der Waals surface area contributed by atoms with Crippen LogP contribution in [0.3, 0.4) is 0 Å². The van der Waals surface area contributed by atoms with Gasteiger partial charge in [-0.15, -0.1) is 10.2 Å². The topological polar surface area (TPSA) is 101 Å². The van der Waals surface area contributed by atoms with Gasteiger partial charge >= 0.3 is 0 Å². The van der Waals surface area contributed by atoms with Gasteiger partial charge in [-0.25, -0.2) is 8.42 Å². The molecule has 0 unspecified atom stereocenters. The van der Waals surface area contributed by atoms with E-state index in [1.54, 1.807) is 13.8 Å². The number of carbonyl (C=O) groups excluding carboxylic acids is 1. The molecule has 0 radical (unpaired) electrons. The fourth-order valence-electron chi connectivity index (χ4n) is 2.13. The molecule has 1 aromatic carbocycles. The van der Waals surface area contributed by atoms with Crippen LogP contribution in [0.1, 0.15) is 24.2 Å². The maximum Gasteiger partial charge on any atom is 0.261 e. The summed E-state index contributed by atoms with van der Waals surface area (Å²) in [6, 6.07) is 4.20. The lowest BCUT2D eigenvalue weighted by Crippen LogP contribution is -2.30. The summed E-state index contributed by atoms with van der Waals surface area (Å²) in [4.78, 5) is 12.5. The molecule has 1 aromatic heterocycles. The van der Waals surface area contributed by atoms with Crippen molar-refractivity contribution in [3.63, 3.8) is 0 Å². The van der Waals surface area contributed by atoms with Crippen LogP contribution in [0.15, 0.2) is 28.6 Å². The fourth-order valence-corrected chi connectivity index (χ4v) is 4.05. The normalized spacial score (nSPS) is 11.5. The highest BCUT2D eigenvalue weighted by molar-refractivity contribution is 7.89. The zero-order valence-electron chi connectivity index (χ0n) is 13.5. The number of amides is 1. The quantitative estimate of drug-likeness (QED) is 0.798. The third-order valence-electron chi connectivity index (χ3n) is 3.34. The van der Waals surface area contributed by atoms with Gasteiger partial charge in [0.05, 0.1) is 17.6 Å². The van der Waals surface area contributed by atoms with Crippen molar-refractivity contribution in [3.05, 3.63) is 29.3 Å². The van der Waals surface area contributed by atoms with E-state index in [4.69, 9.17) is 4.74 Å². The molecule has 1 heterocycles. The average molecular weight is 370 g/mol. The number of rotatable bonds is 7. The van der Waals surface area contributed by atoms with Crippen molar-refractivity contribution >= 4 is 32.4 Å². The summed E-state index contributed by atoms with van der Waals surface area (Å²) < 4.78 is 31.7. The van der Waals surface area contributed by atoms with Crippen molar-refractivity contribution < 1.29 is 17.9 Å². The van der Waals surface area contributed by atoms with Crippen molar-refractivity contribution in [2.45, 2.75) is 18.7 Å². The number of benzene rings is 1. The molecule has 0 aliphatic carbocycles. The summed E-state index contributed by atoms with van der Waals surface area (Å²) in [5.41, 5.74) is 1.59. The van der Waals surface area contributed by atoms with Gasteiger partial charge in [-0.3, -0.25) is 10.1 Å². The lowest BCUT2D eigenvalue weighted by molar-refractivity contribution is 0.102. The predicted octanol–water partition coefficient (Wildman–Crippen LogP) is 1.83. The molecular weight excluding hydrogens is 352 g/mol. The molecular formula is C14H18N4O4S2. The Morgan fingerprint density at radius 3 is 2.58 bits per heavy atom. The maximum atomic E-state index is 12.6. The minimum atomic E-state index is -3.67. The van der Waals surface area contributed by atoms with E-state index in [0.717, 1.165) is 11.3 Å². The Bertz CT molecular complexity index is 802. The van der Waals surface area contributed by atoms with Crippen molar-refractivity contribution in [2.75, 3.05) is 25.5 Å². The summed E-state index contributed by atoms with van der Waals surface area (Å²) >= 11 is 1.16. The Hall–Kier alpha value is -2.04. The summed E-state index contributed by atoms with van der Waals surface area (Å²) in [6.45, 7) is 4.20. The second kappa shape index (κ2) is 7.69. The Morgan fingerprint density at radius 2 is 2.04 bits per heavy atom. The number of sulfonamides is 1. The SMILES string of the molecule is CCN(CC)S(=O)(=O)c1ccc(OC)c(C(=O)Nc2nncs2)c1. The molecule has 1 amide bonds. The van der Waals surface area contributed by atoms with E-state index in [9.17, 15) is 13.2 Å². The molecule has 1 N–H and O–H groups in total. The molecule has 24 heavy (non-hydrogen) atoms. The molecule has 8 nitrogen and oxygen atoms in total. The smallest absolute Gasteiger partial charge is 0.261 e. The lowest BCUT2D eigenvalue weighted by Gasteiger charge is -2.19. The molecule has 130 valence electrons. The first-order valence-electron chi connectivity index (χ1n) is 7.19. The van der Waals surface area contributed by atoms with Gasteiger partial charge in [0.15, 0.2) is 0 Å². The van der Waals surface area contributed by atoms with E-state index >= 15 is 0 Å². The molecule has 2 aromatic rings. The third kappa shape index (κ3) is 3.71. The van der Waals surface area contributed by atoms with E-state index in [-0.39, 0.29) is 16.2 Å². The lowest BCUT2D eigenvalue weighted by atomic mass is 10.2. The molecule has 0 atom stereocenters. The Balaban J connectivity index is 2.42. The molecule has 0 saturated heterocycles. The van der Waals surface area contributed by atoms with Crippen LogP contribution in [0.4, 0.5) is 5.13 Å². The van der Waals surface area contributed by atoms with Crippen LogP contribution in [0.25, 0.3) is 0 Å². The monoisotopic (exact) mass is 370 g/mol. The van der Waals surface area contributed by atoms with Crippen LogP contribution in [0.5, 0.6) is 5.75 Å². The van der Waals surface area contributed by atoms with Gasteiger partial charge in [0.1, 0.15) is 11.3 Å². The number of hydrogen-bond acceptors (Lipinski definition) is 7. The minimum Gasteiger partial charge on any atom is -0.496 e. The molecule has 0 aliphatic heterocycles. The molecule has 0 aliphatic rings. The predicted molar refractivity (Wildman–Crippen MR) is 91.0 cm³/mol. The van der Waals surface area contributed by atoms with Gasteiger partial charge in [-0.2, -0.15) is 4.31 Å². The van der Waals surface area contributed by atoms with Crippen LogP contribution in [-0.4, -0.2) is 49.0 Å². The standard InChI is InChI=1S/C14H18N4O4S2/c1-4-18(5-2)24(20,21)10-6-7-12(22-3)11(8-10)13(19)16-14-17-15-9-23-14/h6-9H,4-5H2,1-3H3,(H,16,17,19). The number of carbonyl (C=O) groups is 1. The van der Waals surface area contributed by atoms with Gasteiger partial charge in [0.25, 0.3) is 5.91 Å². The Morgan fingerprint density at radius 1 is 1.33 bits per heavy atom.